The number of anilines is 1. The molecule has 2 heterocycles. The Hall–Kier alpha value is -5.08. The standard InChI is InChI=1S/C40H30N2.C2H6/c1-3-13-27(14-4-1)35-26-30(25-28-15-7-8-18-31(28)35)42-36-21-11-9-19-32(36)33-23-24-38-39(40(33)42)34-20-10-12-22-37(34)41(38)29-16-5-2-6-17-29;1-2/h1-23,25-26,34,37-38H,24H2;1-2H3. The number of hydrogen-bond acceptors (Lipinski definition) is 1. The summed E-state index contributed by atoms with van der Waals surface area (Å²) in [5.41, 5.74) is 7.83. The number of rotatable bonds is 3. The summed E-state index contributed by atoms with van der Waals surface area (Å²) in [6.45, 7) is 4.00. The molecule has 44 heavy (non-hydrogen) atoms. The summed E-state index contributed by atoms with van der Waals surface area (Å²) in [6.07, 6.45) is 12.8. The van der Waals surface area contributed by atoms with Crippen LogP contribution in [0.25, 0.3) is 50.1 Å². The number of hydrogen-bond donors (Lipinski definition) is 0. The lowest BCUT2D eigenvalue weighted by Crippen LogP contribution is -2.41. The van der Waals surface area contributed by atoms with Crippen molar-refractivity contribution < 1.29 is 0 Å². The lowest BCUT2D eigenvalue weighted by Gasteiger charge is -2.32. The summed E-state index contributed by atoms with van der Waals surface area (Å²) in [6, 6.07) is 45.0. The number of allylic oxidation sites excluding steroid dienone is 2. The van der Waals surface area contributed by atoms with Crippen molar-refractivity contribution in [2.45, 2.75) is 32.4 Å². The quantitative estimate of drug-likeness (QED) is 0.207. The third-order valence-corrected chi connectivity index (χ3v) is 9.46. The van der Waals surface area contributed by atoms with Crippen molar-refractivity contribution in [2.75, 3.05) is 4.90 Å². The zero-order chi connectivity index (χ0) is 29.6. The first-order chi connectivity index (χ1) is 21.9. The van der Waals surface area contributed by atoms with E-state index in [9.17, 15) is 0 Å². The number of para-hydroxylation sites is 2. The summed E-state index contributed by atoms with van der Waals surface area (Å²) in [5, 5.41) is 6.62. The number of aromatic nitrogens is 1. The SMILES string of the molecule is C1=CC2C3=c4c(c5ccccc5n4-c4cc(-c5ccccc5)c5ccccc5c4)=CCC3N(c3ccccc3)C2C=C1.CC. The molecule has 6 aromatic rings. The zero-order valence-corrected chi connectivity index (χ0v) is 25.3. The van der Waals surface area contributed by atoms with Gasteiger partial charge in [-0.05, 0) is 64.2 Å². The Labute approximate surface area is 259 Å². The highest BCUT2D eigenvalue weighted by atomic mass is 15.2. The molecule has 9 rings (SSSR count). The Morgan fingerprint density at radius 3 is 2.14 bits per heavy atom. The minimum atomic E-state index is 0.305. The van der Waals surface area contributed by atoms with E-state index in [2.05, 4.69) is 161 Å². The Morgan fingerprint density at radius 1 is 0.636 bits per heavy atom. The van der Waals surface area contributed by atoms with E-state index in [4.69, 9.17) is 0 Å². The van der Waals surface area contributed by atoms with Crippen LogP contribution in [-0.4, -0.2) is 16.7 Å². The molecule has 3 atom stereocenters. The molecule has 2 aliphatic carbocycles. The molecule has 2 nitrogen and oxygen atoms in total. The number of benzene rings is 5. The van der Waals surface area contributed by atoms with Crippen molar-refractivity contribution in [2.24, 2.45) is 5.92 Å². The van der Waals surface area contributed by atoms with E-state index in [0.717, 1.165) is 6.42 Å². The maximum Gasteiger partial charge on any atom is 0.0584 e. The van der Waals surface area contributed by atoms with Gasteiger partial charge in [0.1, 0.15) is 0 Å². The normalized spacial score (nSPS) is 19.6. The van der Waals surface area contributed by atoms with Gasteiger partial charge in [-0.3, -0.25) is 0 Å². The third-order valence-electron chi connectivity index (χ3n) is 9.46. The predicted octanol–water partition coefficient (Wildman–Crippen LogP) is 8.81. The second kappa shape index (κ2) is 10.9. The van der Waals surface area contributed by atoms with E-state index in [0.29, 0.717) is 18.0 Å². The first kappa shape index (κ1) is 26.5. The van der Waals surface area contributed by atoms with Gasteiger partial charge in [0.05, 0.1) is 22.9 Å². The van der Waals surface area contributed by atoms with Gasteiger partial charge in [0, 0.05) is 27.9 Å². The van der Waals surface area contributed by atoms with Crippen molar-refractivity contribution in [3.05, 3.63) is 156 Å². The highest BCUT2D eigenvalue weighted by Gasteiger charge is 2.45. The van der Waals surface area contributed by atoms with Gasteiger partial charge in [0.15, 0.2) is 0 Å². The molecule has 1 aromatic heterocycles. The van der Waals surface area contributed by atoms with Gasteiger partial charge < -0.3 is 9.47 Å². The Bertz CT molecular complexity index is 2180. The van der Waals surface area contributed by atoms with Crippen LogP contribution in [-0.2, 0) is 0 Å². The fourth-order valence-corrected chi connectivity index (χ4v) is 7.77. The van der Waals surface area contributed by atoms with Gasteiger partial charge >= 0.3 is 0 Å². The largest absolute Gasteiger partial charge is 0.357 e. The molecule has 1 fully saturated rings. The smallest absolute Gasteiger partial charge is 0.0584 e. The van der Waals surface area contributed by atoms with Crippen LogP contribution in [0.4, 0.5) is 5.69 Å². The van der Waals surface area contributed by atoms with Crippen LogP contribution in [0.1, 0.15) is 20.3 Å². The number of nitrogens with zero attached hydrogens (tertiary/aromatic N) is 2. The molecule has 0 N–H and O–H groups in total. The van der Waals surface area contributed by atoms with Crippen LogP contribution in [0.2, 0.25) is 0 Å². The first-order valence-electron chi connectivity index (χ1n) is 16.0. The van der Waals surface area contributed by atoms with E-state index in [1.165, 1.54) is 60.3 Å². The molecule has 1 saturated heterocycles. The minimum absolute atomic E-state index is 0.305. The topological polar surface area (TPSA) is 8.17 Å². The molecule has 0 bridgehead atoms. The molecular formula is C42H36N2. The molecule has 0 saturated carbocycles. The van der Waals surface area contributed by atoms with Crippen molar-refractivity contribution in [3.8, 4) is 16.8 Å². The van der Waals surface area contributed by atoms with Crippen LogP contribution in [0.3, 0.4) is 0 Å². The molecule has 0 radical (unpaired) electrons. The summed E-state index contributed by atoms with van der Waals surface area (Å²) in [7, 11) is 0. The van der Waals surface area contributed by atoms with Crippen molar-refractivity contribution in [1.82, 2.24) is 4.57 Å². The maximum absolute atomic E-state index is 2.66. The lowest BCUT2D eigenvalue weighted by molar-refractivity contribution is 0.678. The minimum Gasteiger partial charge on any atom is -0.357 e. The maximum atomic E-state index is 2.66. The molecule has 3 unspecified atom stereocenters. The highest BCUT2D eigenvalue weighted by Crippen LogP contribution is 2.44. The molecule has 0 spiro atoms. The average molecular weight is 569 g/mol. The van der Waals surface area contributed by atoms with Crippen LogP contribution in [0.15, 0.2) is 146 Å². The first-order valence-corrected chi connectivity index (χ1v) is 16.0. The second-order valence-electron chi connectivity index (χ2n) is 11.6. The summed E-state index contributed by atoms with van der Waals surface area (Å²) >= 11 is 0. The monoisotopic (exact) mass is 568 g/mol. The molecule has 214 valence electrons. The van der Waals surface area contributed by atoms with Gasteiger partial charge in [-0.15, -0.1) is 0 Å². The van der Waals surface area contributed by atoms with Crippen LogP contribution >= 0.6 is 0 Å². The number of fused-ring (bicyclic) bond motifs is 7. The van der Waals surface area contributed by atoms with E-state index in [-0.39, 0.29) is 0 Å². The molecule has 2 heteroatoms. The van der Waals surface area contributed by atoms with Crippen LogP contribution in [0.5, 0.6) is 0 Å². The predicted molar refractivity (Wildman–Crippen MR) is 188 cm³/mol. The van der Waals surface area contributed by atoms with Gasteiger partial charge in [0.25, 0.3) is 0 Å². The summed E-state index contributed by atoms with van der Waals surface area (Å²) in [4.78, 5) is 2.66. The van der Waals surface area contributed by atoms with Crippen molar-refractivity contribution in [1.29, 1.82) is 0 Å². The highest BCUT2D eigenvalue weighted by molar-refractivity contribution is 5.99. The lowest BCUT2D eigenvalue weighted by atomic mass is 9.87. The van der Waals surface area contributed by atoms with Gasteiger partial charge in [-0.2, -0.15) is 0 Å². The molecule has 1 aliphatic heterocycles. The summed E-state index contributed by atoms with van der Waals surface area (Å²) in [5.74, 6) is 0.324. The Balaban J connectivity index is 0.00000142. The van der Waals surface area contributed by atoms with Crippen molar-refractivity contribution >= 4 is 39.0 Å². The van der Waals surface area contributed by atoms with Crippen molar-refractivity contribution in [3.63, 3.8) is 0 Å². The second-order valence-corrected chi connectivity index (χ2v) is 11.6. The Morgan fingerprint density at radius 2 is 1.32 bits per heavy atom. The van der Waals surface area contributed by atoms with Gasteiger partial charge in [-0.1, -0.05) is 135 Å². The molecule has 0 amide bonds. The zero-order valence-electron chi connectivity index (χ0n) is 25.3. The van der Waals surface area contributed by atoms with Crippen LogP contribution in [0, 0.1) is 5.92 Å². The molecular weight excluding hydrogens is 532 g/mol. The molecule has 3 aliphatic rings. The average Bonchev–Trinajstić information content (AvgIpc) is 3.62. The Kier molecular flexibility index (Phi) is 6.56. The van der Waals surface area contributed by atoms with Crippen LogP contribution < -0.4 is 15.5 Å². The van der Waals surface area contributed by atoms with E-state index in [1.54, 1.807) is 0 Å². The van der Waals surface area contributed by atoms with E-state index < -0.39 is 0 Å². The fourth-order valence-electron chi connectivity index (χ4n) is 7.77. The van der Waals surface area contributed by atoms with E-state index in [1.807, 2.05) is 13.8 Å². The summed E-state index contributed by atoms with van der Waals surface area (Å²) < 4.78 is 2.57. The van der Waals surface area contributed by atoms with E-state index >= 15 is 0 Å². The third kappa shape index (κ3) is 4.02. The van der Waals surface area contributed by atoms with Gasteiger partial charge in [0.2, 0.25) is 0 Å². The van der Waals surface area contributed by atoms with Gasteiger partial charge in [-0.25, -0.2) is 0 Å². The fraction of sp³-hybridized carbons (Fsp3) is 0.143. The molecule has 5 aromatic carbocycles.